The number of nitrogen functional groups attached to an aromatic ring is 1. The Morgan fingerprint density at radius 3 is 2.40 bits per heavy atom. The molecular weight excluding hydrogens is 574 g/mol. The van der Waals surface area contributed by atoms with E-state index in [4.69, 9.17) is 20.4 Å². The van der Waals surface area contributed by atoms with Gasteiger partial charge in [0.1, 0.15) is 11.9 Å². The van der Waals surface area contributed by atoms with Crippen molar-refractivity contribution in [1.29, 1.82) is 0 Å². The summed E-state index contributed by atoms with van der Waals surface area (Å²) < 4.78 is 50.9. The summed E-state index contributed by atoms with van der Waals surface area (Å²) >= 11 is 0. The first-order chi connectivity index (χ1) is 20.3. The summed E-state index contributed by atoms with van der Waals surface area (Å²) in [4.78, 5) is 37.7. The lowest BCUT2D eigenvalue weighted by atomic mass is 10.0. The molecule has 43 heavy (non-hydrogen) atoms. The molecular formula is C29H27F4N5O5. The van der Waals surface area contributed by atoms with Gasteiger partial charge in [-0.15, -0.1) is 0 Å². The number of halogens is 4. The first-order valence-corrected chi connectivity index (χ1v) is 12.5. The minimum atomic E-state index is -5.08. The molecule has 14 heteroatoms. The maximum absolute atomic E-state index is 14.1. The lowest BCUT2D eigenvalue weighted by Gasteiger charge is -2.21. The molecule has 0 aliphatic rings. The van der Waals surface area contributed by atoms with E-state index in [0.29, 0.717) is 22.8 Å². The van der Waals surface area contributed by atoms with Crippen LogP contribution < -0.4 is 26.4 Å². The fourth-order valence-electron chi connectivity index (χ4n) is 3.87. The van der Waals surface area contributed by atoms with E-state index >= 15 is 0 Å². The number of benzene rings is 3. The Kier molecular flexibility index (Phi) is 10.4. The van der Waals surface area contributed by atoms with Gasteiger partial charge in [-0.1, -0.05) is 18.2 Å². The van der Waals surface area contributed by atoms with E-state index in [-0.39, 0.29) is 24.1 Å². The number of carboxylic acid groups (broad SMARTS) is 1. The van der Waals surface area contributed by atoms with Gasteiger partial charge in [0.25, 0.3) is 0 Å². The number of rotatable bonds is 8. The molecule has 6 N–H and O–H groups in total. The zero-order chi connectivity index (χ0) is 31.7. The summed E-state index contributed by atoms with van der Waals surface area (Å²) in [5.74, 6) is -3.34. The molecule has 10 nitrogen and oxygen atoms in total. The minimum absolute atomic E-state index is 0.0347. The van der Waals surface area contributed by atoms with Crippen molar-refractivity contribution in [3.05, 3.63) is 89.9 Å². The number of ether oxygens (including phenoxy) is 1. The summed E-state index contributed by atoms with van der Waals surface area (Å²) in [7, 11) is 1.37. The highest BCUT2D eigenvalue weighted by Crippen LogP contribution is 2.28. The SMILES string of the molecule is COc1cc(C(Nc2ccc3c(N)nccc3c2)C(=O)NCc2cccc(NC(C)=O)c2)ccc1F.O=C(O)C(F)(F)F. The Hall–Kier alpha value is -5.40. The molecule has 0 aliphatic carbocycles. The number of hydrogen-bond donors (Lipinski definition) is 5. The van der Waals surface area contributed by atoms with E-state index in [0.717, 1.165) is 16.3 Å². The van der Waals surface area contributed by atoms with Gasteiger partial charge in [-0.25, -0.2) is 14.2 Å². The average Bonchev–Trinajstić information content (AvgIpc) is 2.95. The lowest BCUT2D eigenvalue weighted by molar-refractivity contribution is -0.192. The van der Waals surface area contributed by atoms with Crippen molar-refractivity contribution < 1.29 is 41.8 Å². The van der Waals surface area contributed by atoms with Crippen LogP contribution in [0.1, 0.15) is 24.1 Å². The van der Waals surface area contributed by atoms with E-state index in [1.54, 1.807) is 30.5 Å². The van der Waals surface area contributed by atoms with Crippen LogP contribution in [0.4, 0.5) is 34.8 Å². The van der Waals surface area contributed by atoms with E-state index in [2.05, 4.69) is 20.9 Å². The second kappa shape index (κ2) is 14.0. The standard InChI is InChI=1S/C27H26FN5O3.C2HF3O2/c1-16(34)32-20-5-3-4-17(12-20)15-31-27(35)25(19-6-9-23(28)24(14-19)36-2)33-21-7-8-22-18(13-21)10-11-30-26(22)29;3-2(4,5)1(6)7/h3-14,25,33H,15H2,1-2H3,(H2,29,30)(H,31,35)(H,32,34);(H,6,7). The number of alkyl halides is 3. The molecule has 0 fully saturated rings. The molecule has 1 heterocycles. The molecule has 0 aliphatic heterocycles. The van der Waals surface area contributed by atoms with Crippen molar-refractivity contribution in [1.82, 2.24) is 10.3 Å². The van der Waals surface area contributed by atoms with Crippen LogP contribution in [0.5, 0.6) is 5.75 Å². The third-order valence-corrected chi connectivity index (χ3v) is 5.83. The zero-order valence-electron chi connectivity index (χ0n) is 22.8. The monoisotopic (exact) mass is 601 g/mol. The quantitative estimate of drug-likeness (QED) is 0.176. The molecule has 2 amide bonds. The van der Waals surface area contributed by atoms with E-state index < -0.39 is 24.0 Å². The van der Waals surface area contributed by atoms with Crippen molar-refractivity contribution in [2.75, 3.05) is 23.5 Å². The Bertz CT molecular complexity index is 1630. The number of nitrogens with two attached hydrogens (primary N) is 1. The first-order valence-electron chi connectivity index (χ1n) is 12.5. The fourth-order valence-corrected chi connectivity index (χ4v) is 3.87. The summed E-state index contributed by atoms with van der Waals surface area (Å²) in [6.07, 6.45) is -3.47. The maximum atomic E-state index is 14.1. The molecule has 3 aromatic carbocycles. The zero-order valence-corrected chi connectivity index (χ0v) is 22.8. The van der Waals surface area contributed by atoms with Crippen molar-refractivity contribution in [2.45, 2.75) is 25.7 Å². The third kappa shape index (κ3) is 9.05. The molecule has 1 atom stereocenters. The van der Waals surface area contributed by atoms with E-state index in [1.165, 1.54) is 32.2 Å². The van der Waals surface area contributed by atoms with E-state index in [1.807, 2.05) is 24.3 Å². The number of fused-ring (bicyclic) bond motifs is 1. The maximum Gasteiger partial charge on any atom is 0.490 e. The normalized spacial score (nSPS) is 11.5. The number of nitrogens with zero attached hydrogens (tertiary/aromatic N) is 1. The van der Waals surface area contributed by atoms with Crippen LogP contribution >= 0.6 is 0 Å². The fraction of sp³-hybridized carbons (Fsp3) is 0.172. The van der Waals surface area contributed by atoms with Crippen LogP contribution in [0.3, 0.4) is 0 Å². The van der Waals surface area contributed by atoms with Crippen LogP contribution in [0.15, 0.2) is 72.9 Å². The number of carboxylic acids is 1. The summed E-state index contributed by atoms with van der Waals surface area (Å²) in [6.45, 7) is 1.65. The van der Waals surface area contributed by atoms with Gasteiger partial charge in [-0.2, -0.15) is 13.2 Å². The lowest BCUT2D eigenvalue weighted by Crippen LogP contribution is -2.33. The topological polar surface area (TPSA) is 156 Å². The number of pyridine rings is 1. The van der Waals surface area contributed by atoms with Gasteiger partial charge in [0.15, 0.2) is 11.6 Å². The number of anilines is 3. The Morgan fingerprint density at radius 2 is 1.74 bits per heavy atom. The van der Waals surface area contributed by atoms with Gasteiger partial charge in [-0.05, 0) is 65.0 Å². The smallest absolute Gasteiger partial charge is 0.490 e. The predicted molar refractivity (Wildman–Crippen MR) is 152 cm³/mol. The Balaban J connectivity index is 0.000000646. The van der Waals surface area contributed by atoms with Crippen molar-refractivity contribution >= 4 is 45.7 Å². The van der Waals surface area contributed by atoms with Crippen LogP contribution in [0.25, 0.3) is 10.8 Å². The average molecular weight is 602 g/mol. The van der Waals surface area contributed by atoms with Gasteiger partial charge < -0.3 is 31.5 Å². The van der Waals surface area contributed by atoms with Crippen LogP contribution in [-0.2, 0) is 20.9 Å². The molecule has 0 radical (unpaired) electrons. The van der Waals surface area contributed by atoms with Gasteiger partial charge >= 0.3 is 12.1 Å². The Labute approximate surface area is 242 Å². The van der Waals surface area contributed by atoms with Gasteiger partial charge in [0, 0.05) is 36.4 Å². The molecule has 0 saturated heterocycles. The van der Waals surface area contributed by atoms with Gasteiger partial charge in [-0.3, -0.25) is 9.59 Å². The molecule has 4 rings (SSSR count). The minimum Gasteiger partial charge on any atom is -0.494 e. The Morgan fingerprint density at radius 1 is 1.02 bits per heavy atom. The number of nitrogens with one attached hydrogen (secondary N) is 3. The number of carbonyl (C=O) groups is 3. The highest BCUT2D eigenvalue weighted by molar-refractivity contribution is 5.94. The van der Waals surface area contributed by atoms with Crippen LogP contribution in [-0.4, -0.2) is 41.2 Å². The van der Waals surface area contributed by atoms with E-state index in [9.17, 15) is 27.2 Å². The van der Waals surface area contributed by atoms with Crippen molar-refractivity contribution in [3.8, 4) is 5.75 Å². The number of aliphatic carboxylic acids is 1. The summed E-state index contributed by atoms with van der Waals surface area (Å²) in [6, 6.07) is 18.0. The number of hydrogen-bond acceptors (Lipinski definition) is 7. The molecule has 4 aromatic rings. The number of aromatic nitrogens is 1. The molecule has 226 valence electrons. The highest BCUT2D eigenvalue weighted by atomic mass is 19.4. The van der Waals surface area contributed by atoms with Crippen LogP contribution in [0.2, 0.25) is 0 Å². The molecule has 1 unspecified atom stereocenters. The summed E-state index contributed by atoms with van der Waals surface area (Å²) in [5.41, 5.74) is 8.59. The van der Waals surface area contributed by atoms with Gasteiger partial charge in [0.05, 0.1) is 7.11 Å². The number of methoxy groups -OCH3 is 1. The highest BCUT2D eigenvalue weighted by Gasteiger charge is 2.38. The number of carbonyl (C=O) groups excluding carboxylic acids is 2. The molecule has 0 spiro atoms. The molecule has 1 aromatic heterocycles. The van der Waals surface area contributed by atoms with Crippen molar-refractivity contribution in [3.63, 3.8) is 0 Å². The summed E-state index contributed by atoms with van der Waals surface area (Å²) in [5, 5.41) is 17.7. The van der Waals surface area contributed by atoms with Crippen LogP contribution in [0, 0.1) is 5.82 Å². The predicted octanol–water partition coefficient (Wildman–Crippen LogP) is 5.03. The van der Waals surface area contributed by atoms with Gasteiger partial charge in [0.2, 0.25) is 11.8 Å². The first kappa shape index (κ1) is 32.1. The largest absolute Gasteiger partial charge is 0.494 e. The van der Waals surface area contributed by atoms with Crippen molar-refractivity contribution in [2.24, 2.45) is 0 Å². The molecule has 0 bridgehead atoms. The third-order valence-electron chi connectivity index (χ3n) is 5.83. The second-order valence-electron chi connectivity index (χ2n) is 9.01. The number of amides is 2. The second-order valence-corrected chi connectivity index (χ2v) is 9.01. The molecule has 0 saturated carbocycles.